The molecule has 0 aliphatic heterocycles. The lowest BCUT2D eigenvalue weighted by Crippen LogP contribution is -2.37. The average molecular weight is 352 g/mol. The van der Waals surface area contributed by atoms with Crippen LogP contribution in [0.15, 0.2) is 58.6 Å². The minimum atomic E-state index is -0.181. The van der Waals surface area contributed by atoms with Crippen molar-refractivity contribution in [2.24, 2.45) is 19.1 Å². The van der Waals surface area contributed by atoms with Crippen molar-refractivity contribution in [3.63, 3.8) is 0 Å². The van der Waals surface area contributed by atoms with Gasteiger partial charge in [0.15, 0.2) is 11.5 Å². The first-order chi connectivity index (χ1) is 12.5. The molecule has 0 bridgehead atoms. The van der Waals surface area contributed by atoms with E-state index in [1.807, 2.05) is 30.3 Å². The summed E-state index contributed by atoms with van der Waals surface area (Å²) in [4.78, 5) is 21.2. The molecule has 3 rings (SSSR count). The molecule has 3 aromatic rings. The summed E-state index contributed by atoms with van der Waals surface area (Å²) in [6.07, 6.45) is 3.33. The SMILES string of the molecule is COc1ccc(-c2c/c(=N/c3cccnc3)n(C)c(=O)n2C)cc1OC. The third-order valence-corrected chi connectivity index (χ3v) is 4.11. The van der Waals surface area contributed by atoms with Gasteiger partial charge in [0.25, 0.3) is 0 Å². The van der Waals surface area contributed by atoms with Crippen LogP contribution in [-0.4, -0.2) is 28.3 Å². The quantitative estimate of drug-likeness (QED) is 0.720. The molecule has 0 aliphatic carbocycles. The van der Waals surface area contributed by atoms with Gasteiger partial charge in [-0.15, -0.1) is 0 Å². The van der Waals surface area contributed by atoms with Crippen molar-refractivity contribution in [1.82, 2.24) is 14.1 Å². The van der Waals surface area contributed by atoms with E-state index in [1.165, 1.54) is 4.57 Å². The van der Waals surface area contributed by atoms with E-state index < -0.39 is 0 Å². The molecular formula is C19H20N4O3. The van der Waals surface area contributed by atoms with Crippen LogP contribution in [0.25, 0.3) is 11.3 Å². The smallest absolute Gasteiger partial charge is 0.329 e. The molecule has 7 heteroatoms. The molecule has 7 nitrogen and oxygen atoms in total. The maximum atomic E-state index is 12.6. The zero-order chi connectivity index (χ0) is 18.7. The lowest BCUT2D eigenvalue weighted by molar-refractivity contribution is 0.355. The fraction of sp³-hybridized carbons (Fsp3) is 0.211. The summed E-state index contributed by atoms with van der Waals surface area (Å²) < 4.78 is 13.7. The van der Waals surface area contributed by atoms with Gasteiger partial charge in [-0.1, -0.05) is 0 Å². The Labute approximate surface area is 150 Å². The molecule has 0 N–H and O–H groups in total. The normalized spacial score (nSPS) is 11.5. The topological polar surface area (TPSA) is 70.6 Å². The molecule has 0 atom stereocenters. The summed E-state index contributed by atoms with van der Waals surface area (Å²) >= 11 is 0. The van der Waals surface area contributed by atoms with Crippen molar-refractivity contribution in [2.75, 3.05) is 14.2 Å². The third kappa shape index (κ3) is 3.23. The molecule has 0 amide bonds. The highest BCUT2D eigenvalue weighted by atomic mass is 16.5. The summed E-state index contributed by atoms with van der Waals surface area (Å²) in [5.74, 6) is 1.22. The number of pyridine rings is 1. The van der Waals surface area contributed by atoms with Gasteiger partial charge in [0.1, 0.15) is 5.49 Å². The Morgan fingerprint density at radius 3 is 2.42 bits per heavy atom. The Morgan fingerprint density at radius 2 is 1.77 bits per heavy atom. The maximum Gasteiger partial charge on any atom is 0.329 e. The highest BCUT2D eigenvalue weighted by Gasteiger charge is 2.11. The van der Waals surface area contributed by atoms with Gasteiger partial charge in [-0.25, -0.2) is 9.79 Å². The van der Waals surface area contributed by atoms with Crippen LogP contribution in [0.1, 0.15) is 0 Å². The monoisotopic (exact) mass is 352 g/mol. The van der Waals surface area contributed by atoms with Gasteiger partial charge in [0.2, 0.25) is 0 Å². The second kappa shape index (κ2) is 7.26. The zero-order valence-electron chi connectivity index (χ0n) is 15.1. The highest BCUT2D eigenvalue weighted by molar-refractivity contribution is 5.64. The van der Waals surface area contributed by atoms with Crippen molar-refractivity contribution >= 4 is 5.69 Å². The van der Waals surface area contributed by atoms with E-state index >= 15 is 0 Å². The minimum absolute atomic E-state index is 0.181. The summed E-state index contributed by atoms with van der Waals surface area (Å²) in [7, 11) is 6.58. The number of nitrogens with zero attached hydrogens (tertiary/aromatic N) is 4. The van der Waals surface area contributed by atoms with Gasteiger partial charge in [0, 0.05) is 31.9 Å². The molecule has 0 saturated heterocycles. The molecule has 0 unspecified atom stereocenters. The number of ether oxygens (including phenoxy) is 2. The van der Waals surface area contributed by atoms with Gasteiger partial charge >= 0.3 is 5.69 Å². The van der Waals surface area contributed by atoms with E-state index in [0.29, 0.717) is 22.7 Å². The zero-order valence-corrected chi connectivity index (χ0v) is 15.1. The fourth-order valence-corrected chi connectivity index (χ4v) is 2.67. The Balaban J connectivity index is 2.23. The molecule has 0 aliphatic rings. The van der Waals surface area contributed by atoms with Crippen molar-refractivity contribution < 1.29 is 9.47 Å². The number of methoxy groups -OCH3 is 2. The molecule has 0 saturated carbocycles. The number of hydrogen-bond acceptors (Lipinski definition) is 5. The van der Waals surface area contributed by atoms with E-state index in [2.05, 4.69) is 9.98 Å². The summed E-state index contributed by atoms with van der Waals surface area (Å²) in [5.41, 5.74) is 2.57. The standard InChI is InChI=1S/C19H20N4O3/c1-22-15(13-7-8-16(25-3)17(10-13)26-4)11-18(23(2)19(22)24)21-14-6-5-9-20-12-14/h5-12H,1-4H3/b21-18-. The first-order valence-corrected chi connectivity index (χ1v) is 7.99. The van der Waals surface area contributed by atoms with Crippen molar-refractivity contribution in [3.8, 4) is 22.8 Å². The van der Waals surface area contributed by atoms with E-state index in [4.69, 9.17) is 9.47 Å². The minimum Gasteiger partial charge on any atom is -0.493 e. The third-order valence-electron chi connectivity index (χ3n) is 4.11. The van der Waals surface area contributed by atoms with E-state index in [0.717, 1.165) is 11.3 Å². The van der Waals surface area contributed by atoms with Crippen molar-refractivity contribution in [2.45, 2.75) is 0 Å². The Kier molecular flexibility index (Phi) is 4.88. The van der Waals surface area contributed by atoms with Gasteiger partial charge < -0.3 is 9.47 Å². The molecule has 0 radical (unpaired) electrons. The molecule has 0 fully saturated rings. The molecule has 2 heterocycles. The lowest BCUT2D eigenvalue weighted by Gasteiger charge is -2.13. The van der Waals surface area contributed by atoms with Gasteiger partial charge in [-0.05, 0) is 30.3 Å². The molecular weight excluding hydrogens is 332 g/mol. The molecule has 2 aromatic heterocycles. The summed E-state index contributed by atoms with van der Waals surface area (Å²) in [5, 5.41) is 0. The second-order valence-electron chi connectivity index (χ2n) is 5.68. The number of hydrogen-bond donors (Lipinski definition) is 0. The first-order valence-electron chi connectivity index (χ1n) is 7.99. The van der Waals surface area contributed by atoms with Crippen LogP contribution in [0.4, 0.5) is 5.69 Å². The first kappa shape index (κ1) is 17.5. The summed E-state index contributed by atoms with van der Waals surface area (Å²) in [6.45, 7) is 0. The Morgan fingerprint density at radius 1 is 1.00 bits per heavy atom. The summed E-state index contributed by atoms with van der Waals surface area (Å²) in [6, 6.07) is 11.0. The van der Waals surface area contributed by atoms with Crippen molar-refractivity contribution in [3.05, 3.63) is 64.8 Å². The van der Waals surface area contributed by atoms with Crippen LogP contribution >= 0.6 is 0 Å². The number of aromatic nitrogens is 3. The van der Waals surface area contributed by atoms with Crippen LogP contribution in [0.5, 0.6) is 11.5 Å². The number of benzene rings is 1. The predicted molar refractivity (Wildman–Crippen MR) is 98.7 cm³/mol. The van der Waals surface area contributed by atoms with Crippen LogP contribution in [-0.2, 0) is 14.1 Å². The van der Waals surface area contributed by atoms with E-state index in [9.17, 15) is 4.79 Å². The van der Waals surface area contributed by atoms with Gasteiger partial charge in [0.05, 0.1) is 31.8 Å². The lowest BCUT2D eigenvalue weighted by atomic mass is 10.1. The Hall–Kier alpha value is -3.35. The predicted octanol–water partition coefficient (Wildman–Crippen LogP) is 2.04. The van der Waals surface area contributed by atoms with Crippen molar-refractivity contribution in [1.29, 1.82) is 0 Å². The van der Waals surface area contributed by atoms with Crippen LogP contribution in [0, 0.1) is 0 Å². The van der Waals surface area contributed by atoms with E-state index in [1.54, 1.807) is 51.3 Å². The fourth-order valence-electron chi connectivity index (χ4n) is 2.67. The van der Waals surface area contributed by atoms with E-state index in [-0.39, 0.29) is 5.69 Å². The van der Waals surface area contributed by atoms with Gasteiger partial charge in [-0.2, -0.15) is 0 Å². The molecule has 0 spiro atoms. The van der Waals surface area contributed by atoms with Crippen LogP contribution in [0.2, 0.25) is 0 Å². The highest BCUT2D eigenvalue weighted by Crippen LogP contribution is 2.31. The van der Waals surface area contributed by atoms with Crippen LogP contribution < -0.4 is 20.7 Å². The largest absolute Gasteiger partial charge is 0.493 e. The second-order valence-corrected chi connectivity index (χ2v) is 5.68. The Bertz CT molecular complexity index is 1050. The maximum absolute atomic E-state index is 12.6. The molecule has 26 heavy (non-hydrogen) atoms. The average Bonchev–Trinajstić information content (AvgIpc) is 2.68. The molecule has 134 valence electrons. The van der Waals surface area contributed by atoms with Gasteiger partial charge in [-0.3, -0.25) is 14.1 Å². The molecule has 1 aromatic carbocycles. The van der Waals surface area contributed by atoms with Crippen LogP contribution in [0.3, 0.4) is 0 Å². The number of rotatable bonds is 4.